The molecule has 5 heteroatoms. The second-order valence-electron chi connectivity index (χ2n) is 11.1. The van der Waals surface area contributed by atoms with Crippen molar-refractivity contribution in [2.24, 2.45) is 34.0 Å². The molecule has 7 aliphatic rings. The first-order chi connectivity index (χ1) is 13.0. The van der Waals surface area contributed by atoms with E-state index in [9.17, 15) is 9.90 Å². The monoisotopic (exact) mass is 386 g/mol. The van der Waals surface area contributed by atoms with Crippen molar-refractivity contribution in [2.45, 2.75) is 70.7 Å². The van der Waals surface area contributed by atoms with Crippen molar-refractivity contribution in [1.29, 1.82) is 0 Å². The Morgan fingerprint density at radius 3 is 2.71 bits per heavy atom. The van der Waals surface area contributed by atoms with Crippen molar-refractivity contribution in [2.75, 3.05) is 6.61 Å². The summed E-state index contributed by atoms with van der Waals surface area (Å²) in [7, 11) is 0. The number of aliphatic hydroxyl groups is 1. The second-order valence-corrected chi connectivity index (χ2v) is 11.1. The molecule has 7 rings (SSSR count). The molecule has 6 fully saturated rings. The van der Waals surface area contributed by atoms with Gasteiger partial charge in [0.05, 0.1) is 12.7 Å². The molecular weight excluding hydrogens is 356 g/mol. The van der Waals surface area contributed by atoms with Crippen LogP contribution < -0.4 is 0 Å². The van der Waals surface area contributed by atoms with Crippen LogP contribution in [0.1, 0.15) is 47.0 Å². The van der Waals surface area contributed by atoms with Gasteiger partial charge in [0.25, 0.3) is 0 Å². The molecular formula is C23H30O5. The van der Waals surface area contributed by atoms with Crippen LogP contribution in [-0.2, 0) is 19.0 Å². The topological polar surface area (TPSA) is 65.0 Å². The van der Waals surface area contributed by atoms with Crippen molar-refractivity contribution in [3.05, 3.63) is 24.3 Å². The van der Waals surface area contributed by atoms with Gasteiger partial charge in [0.1, 0.15) is 11.5 Å². The van der Waals surface area contributed by atoms with Gasteiger partial charge in [0.2, 0.25) is 5.79 Å². The van der Waals surface area contributed by atoms with E-state index in [1.165, 1.54) is 0 Å². The zero-order chi connectivity index (χ0) is 19.9. The summed E-state index contributed by atoms with van der Waals surface area (Å²) >= 11 is 0. The summed E-state index contributed by atoms with van der Waals surface area (Å²) in [6.45, 7) is 12.8. The van der Waals surface area contributed by atoms with Crippen LogP contribution in [0.5, 0.6) is 0 Å². The van der Waals surface area contributed by atoms with Gasteiger partial charge in [-0.3, -0.25) is 4.79 Å². The Labute approximate surface area is 166 Å². The van der Waals surface area contributed by atoms with Crippen LogP contribution in [0.15, 0.2) is 24.3 Å². The first kappa shape index (κ1) is 17.8. The SMILES string of the molecule is C=C1C(=O)[C@@]23[C@@H]4OC(C)(C)O[C@]25OC[C@]2(C=CCC(C)(C)[C@H]2[C@@H]5O)[C@@H]3CC[C@@H]14. The van der Waals surface area contributed by atoms with E-state index >= 15 is 0 Å². The molecule has 4 bridgehead atoms. The highest BCUT2D eigenvalue weighted by Crippen LogP contribution is 2.78. The van der Waals surface area contributed by atoms with Crippen LogP contribution in [0.4, 0.5) is 0 Å². The van der Waals surface area contributed by atoms with E-state index in [1.54, 1.807) is 0 Å². The van der Waals surface area contributed by atoms with Crippen molar-refractivity contribution in [3.63, 3.8) is 0 Å². The summed E-state index contributed by atoms with van der Waals surface area (Å²) in [5.41, 5.74) is -0.859. The number of ketones is 1. The molecule has 3 heterocycles. The molecule has 0 amide bonds. The van der Waals surface area contributed by atoms with Gasteiger partial charge in [0, 0.05) is 17.3 Å². The molecule has 0 radical (unpaired) electrons. The smallest absolute Gasteiger partial charge is 0.213 e. The number of fused-ring (bicyclic) bond motifs is 1. The minimum absolute atomic E-state index is 0.00569. The quantitative estimate of drug-likeness (QED) is 0.512. The Balaban J connectivity index is 1.69. The number of hydrogen-bond donors (Lipinski definition) is 1. The Bertz CT molecular complexity index is 842. The molecule has 3 saturated heterocycles. The summed E-state index contributed by atoms with van der Waals surface area (Å²) in [6.07, 6.45) is 5.95. The third-order valence-corrected chi connectivity index (χ3v) is 9.01. The number of hydrogen-bond acceptors (Lipinski definition) is 5. The Morgan fingerprint density at radius 1 is 1.21 bits per heavy atom. The minimum atomic E-state index is -1.37. The van der Waals surface area contributed by atoms with E-state index in [0.29, 0.717) is 12.2 Å². The highest BCUT2D eigenvalue weighted by Gasteiger charge is 2.88. The average Bonchev–Trinajstić information content (AvgIpc) is 2.71. The summed E-state index contributed by atoms with van der Waals surface area (Å²) in [4.78, 5) is 13.9. The first-order valence-corrected chi connectivity index (χ1v) is 10.6. The van der Waals surface area contributed by atoms with Gasteiger partial charge in [-0.05, 0) is 50.0 Å². The number of carbonyl (C=O) groups is 1. The molecule has 0 aromatic heterocycles. The molecule has 3 saturated carbocycles. The number of carbonyl (C=O) groups excluding carboxylic acids is 1. The predicted octanol–water partition coefficient (Wildman–Crippen LogP) is 2.98. The first-order valence-electron chi connectivity index (χ1n) is 10.6. The normalized spacial score (nSPS) is 57.1. The maximum Gasteiger partial charge on any atom is 0.213 e. The van der Waals surface area contributed by atoms with E-state index in [2.05, 4.69) is 32.6 Å². The molecule has 28 heavy (non-hydrogen) atoms. The van der Waals surface area contributed by atoms with Crippen molar-refractivity contribution in [3.8, 4) is 0 Å². The van der Waals surface area contributed by atoms with Crippen LogP contribution in [0.3, 0.4) is 0 Å². The zero-order valence-electron chi connectivity index (χ0n) is 17.2. The number of allylic oxidation sites excluding steroid dienone is 1. The van der Waals surface area contributed by atoms with E-state index in [0.717, 1.165) is 19.3 Å². The third kappa shape index (κ3) is 1.53. The maximum absolute atomic E-state index is 13.9. The van der Waals surface area contributed by atoms with Crippen LogP contribution in [0.2, 0.25) is 0 Å². The summed E-state index contributed by atoms with van der Waals surface area (Å²) in [5.74, 6) is -2.33. The number of rotatable bonds is 0. The number of aliphatic hydroxyl groups excluding tert-OH is 1. The molecule has 3 aliphatic heterocycles. The fourth-order valence-corrected chi connectivity index (χ4v) is 8.39. The van der Waals surface area contributed by atoms with Gasteiger partial charge >= 0.3 is 0 Å². The molecule has 5 nitrogen and oxygen atoms in total. The molecule has 4 aliphatic carbocycles. The van der Waals surface area contributed by atoms with E-state index in [1.807, 2.05) is 13.8 Å². The fourth-order valence-electron chi connectivity index (χ4n) is 8.39. The molecule has 152 valence electrons. The van der Waals surface area contributed by atoms with Crippen LogP contribution >= 0.6 is 0 Å². The van der Waals surface area contributed by atoms with Gasteiger partial charge in [-0.15, -0.1) is 0 Å². The Hall–Kier alpha value is -1.01. The second kappa shape index (κ2) is 4.66. The van der Waals surface area contributed by atoms with Gasteiger partial charge in [-0.25, -0.2) is 0 Å². The van der Waals surface area contributed by atoms with E-state index in [4.69, 9.17) is 14.2 Å². The molecule has 3 spiro atoms. The molecule has 0 aromatic carbocycles. The van der Waals surface area contributed by atoms with Crippen LogP contribution in [0, 0.1) is 34.0 Å². The van der Waals surface area contributed by atoms with Gasteiger partial charge in [-0.2, -0.15) is 0 Å². The predicted molar refractivity (Wildman–Crippen MR) is 101 cm³/mol. The van der Waals surface area contributed by atoms with Crippen molar-refractivity contribution in [1.82, 2.24) is 0 Å². The Morgan fingerprint density at radius 2 is 1.96 bits per heavy atom. The fraction of sp³-hybridized carbons (Fsp3) is 0.783. The lowest BCUT2D eigenvalue weighted by atomic mass is 9.37. The average molecular weight is 386 g/mol. The molecule has 0 aromatic rings. The van der Waals surface area contributed by atoms with Gasteiger partial charge < -0.3 is 19.3 Å². The maximum atomic E-state index is 13.9. The minimum Gasteiger partial charge on any atom is -0.387 e. The van der Waals surface area contributed by atoms with E-state index < -0.39 is 23.1 Å². The molecule has 0 unspecified atom stereocenters. The largest absolute Gasteiger partial charge is 0.387 e. The highest BCUT2D eigenvalue weighted by atomic mass is 16.8. The molecule has 8 atom stereocenters. The Kier molecular flexibility index (Phi) is 2.97. The highest BCUT2D eigenvalue weighted by molar-refractivity contribution is 6.05. The zero-order valence-corrected chi connectivity index (χ0v) is 17.2. The third-order valence-electron chi connectivity index (χ3n) is 9.01. The lowest BCUT2D eigenvalue weighted by Crippen LogP contribution is -2.86. The van der Waals surface area contributed by atoms with Crippen molar-refractivity contribution < 1.29 is 24.1 Å². The van der Waals surface area contributed by atoms with Crippen LogP contribution in [0.25, 0.3) is 0 Å². The lowest BCUT2D eigenvalue weighted by molar-refractivity contribution is -0.523. The number of Topliss-reactive ketones (excluding diaryl/α,β-unsaturated/α-hetero) is 1. The summed E-state index contributed by atoms with van der Waals surface area (Å²) < 4.78 is 19.4. The van der Waals surface area contributed by atoms with Gasteiger partial charge in [-0.1, -0.05) is 32.6 Å². The molecule has 1 N–H and O–H groups in total. The van der Waals surface area contributed by atoms with Crippen molar-refractivity contribution >= 4 is 5.78 Å². The van der Waals surface area contributed by atoms with E-state index in [-0.39, 0.29) is 40.5 Å². The lowest BCUT2D eigenvalue weighted by Gasteiger charge is -2.76. The van der Waals surface area contributed by atoms with Gasteiger partial charge in [0.15, 0.2) is 11.6 Å². The summed E-state index contributed by atoms with van der Waals surface area (Å²) in [5, 5.41) is 11.9. The standard InChI is InChI=1S/C23H30O5/c1-12-13-7-8-14-21-10-6-9-19(2,3)15(21)17(25)23(26-11-21)22(14,16(12)24)18(13)27-20(4,5)28-23/h6,10,13-15,17-18,25H,1,7-9,11H2,2-5H3/t13-,14-,15+,17-,18+,21+,22-,23-/m0/s1. The van der Waals surface area contributed by atoms with Crippen LogP contribution in [-0.4, -0.2) is 41.3 Å². The number of ether oxygens (including phenoxy) is 3. The summed E-state index contributed by atoms with van der Waals surface area (Å²) in [6, 6.07) is 0.